The van der Waals surface area contributed by atoms with Crippen molar-refractivity contribution in [2.45, 2.75) is 19.9 Å². The number of rotatable bonds is 7. The van der Waals surface area contributed by atoms with Crippen LogP contribution in [-0.4, -0.2) is 67.7 Å². The highest BCUT2D eigenvalue weighted by molar-refractivity contribution is 5.49. The normalized spacial score (nSPS) is 16.1. The first kappa shape index (κ1) is 23.1. The largest absolute Gasteiger partial charge is 0.297 e. The van der Waals surface area contributed by atoms with Crippen LogP contribution in [0.15, 0.2) is 79.0 Å². The molecule has 4 aromatic rings. The molecule has 1 fully saturated rings. The van der Waals surface area contributed by atoms with Crippen LogP contribution in [0, 0.1) is 13.8 Å². The number of aromatic nitrogens is 5. The lowest BCUT2D eigenvalue weighted by Crippen LogP contribution is -2.48. The molecule has 0 amide bonds. The maximum atomic E-state index is 4.72. The van der Waals surface area contributed by atoms with Crippen LogP contribution in [0.3, 0.4) is 0 Å². The van der Waals surface area contributed by atoms with Crippen LogP contribution in [0.2, 0.25) is 0 Å². The SMILES string of the molecule is Cc1cccc(C)c1-n1nnnc1[C@@H](c1ccccn1)N1CCN(C/C=C/c2ccccc2)CC1. The van der Waals surface area contributed by atoms with Crippen LogP contribution in [-0.2, 0) is 0 Å². The molecule has 0 N–H and O–H groups in total. The van der Waals surface area contributed by atoms with Gasteiger partial charge in [-0.25, -0.2) is 0 Å². The number of tetrazole rings is 1. The summed E-state index contributed by atoms with van der Waals surface area (Å²) in [6, 6.07) is 22.7. The predicted octanol–water partition coefficient (Wildman–Crippen LogP) is 4.09. The van der Waals surface area contributed by atoms with Crippen molar-refractivity contribution in [2.24, 2.45) is 0 Å². The van der Waals surface area contributed by atoms with E-state index in [-0.39, 0.29) is 6.04 Å². The summed E-state index contributed by atoms with van der Waals surface area (Å²) in [6.07, 6.45) is 6.30. The van der Waals surface area contributed by atoms with E-state index in [0.29, 0.717) is 0 Å². The third-order valence-corrected chi connectivity index (χ3v) is 6.60. The van der Waals surface area contributed by atoms with Crippen molar-refractivity contribution in [3.63, 3.8) is 0 Å². The van der Waals surface area contributed by atoms with Crippen LogP contribution in [0.25, 0.3) is 11.8 Å². The van der Waals surface area contributed by atoms with Gasteiger partial charge in [0, 0.05) is 38.9 Å². The number of hydrogen-bond donors (Lipinski definition) is 0. The molecule has 1 aliphatic rings. The fraction of sp³-hybridized carbons (Fsp3) is 0.286. The molecule has 0 unspecified atom stereocenters. The van der Waals surface area contributed by atoms with E-state index in [0.717, 1.165) is 61.1 Å². The lowest BCUT2D eigenvalue weighted by molar-refractivity contribution is 0.112. The lowest BCUT2D eigenvalue weighted by Gasteiger charge is -2.38. The molecule has 3 heterocycles. The highest BCUT2D eigenvalue weighted by Crippen LogP contribution is 2.29. The summed E-state index contributed by atoms with van der Waals surface area (Å²) in [5, 5.41) is 13.0. The zero-order valence-electron chi connectivity index (χ0n) is 20.3. The van der Waals surface area contributed by atoms with Crippen molar-refractivity contribution < 1.29 is 0 Å². The molecule has 0 aliphatic carbocycles. The van der Waals surface area contributed by atoms with Gasteiger partial charge in [0.05, 0.1) is 11.4 Å². The number of nitrogens with zero attached hydrogens (tertiary/aromatic N) is 7. The van der Waals surface area contributed by atoms with E-state index in [1.54, 1.807) is 0 Å². The molecule has 1 saturated heterocycles. The first-order valence-electron chi connectivity index (χ1n) is 12.1. The summed E-state index contributed by atoms with van der Waals surface area (Å²) in [7, 11) is 0. The minimum Gasteiger partial charge on any atom is -0.297 e. The van der Waals surface area contributed by atoms with E-state index in [2.05, 4.69) is 99.9 Å². The number of benzene rings is 2. The Kier molecular flexibility index (Phi) is 7.07. The Bertz CT molecular complexity index is 1240. The number of hydrogen-bond acceptors (Lipinski definition) is 6. The van der Waals surface area contributed by atoms with Gasteiger partial charge in [-0.1, -0.05) is 66.7 Å². The number of pyridine rings is 1. The van der Waals surface area contributed by atoms with E-state index >= 15 is 0 Å². The molecule has 2 aromatic carbocycles. The third-order valence-electron chi connectivity index (χ3n) is 6.60. The number of piperazine rings is 1. The summed E-state index contributed by atoms with van der Waals surface area (Å²) in [4.78, 5) is 9.66. The second-order valence-corrected chi connectivity index (χ2v) is 9.00. The fourth-order valence-corrected chi connectivity index (χ4v) is 4.79. The average molecular weight is 466 g/mol. The Balaban J connectivity index is 1.37. The summed E-state index contributed by atoms with van der Waals surface area (Å²) < 4.78 is 1.90. The third kappa shape index (κ3) is 5.21. The average Bonchev–Trinajstić information content (AvgIpc) is 3.35. The van der Waals surface area contributed by atoms with Gasteiger partial charge in [-0.05, 0) is 53.1 Å². The van der Waals surface area contributed by atoms with Gasteiger partial charge < -0.3 is 0 Å². The highest BCUT2D eigenvalue weighted by atomic mass is 15.6. The molecule has 35 heavy (non-hydrogen) atoms. The van der Waals surface area contributed by atoms with Gasteiger partial charge in [0.15, 0.2) is 5.82 Å². The first-order chi connectivity index (χ1) is 17.2. The maximum absolute atomic E-state index is 4.72. The van der Waals surface area contributed by atoms with E-state index < -0.39 is 0 Å². The van der Waals surface area contributed by atoms with Gasteiger partial charge >= 0.3 is 0 Å². The summed E-state index contributed by atoms with van der Waals surface area (Å²) in [5.41, 5.74) is 5.53. The van der Waals surface area contributed by atoms with Crippen molar-refractivity contribution >= 4 is 6.08 Å². The number of aryl methyl sites for hydroxylation is 2. The molecule has 0 bridgehead atoms. The monoisotopic (exact) mass is 465 g/mol. The summed E-state index contributed by atoms with van der Waals surface area (Å²) in [5.74, 6) is 0.804. The molecule has 0 spiro atoms. The van der Waals surface area contributed by atoms with E-state index in [1.807, 2.05) is 29.1 Å². The van der Waals surface area contributed by atoms with Crippen molar-refractivity contribution in [3.8, 4) is 5.69 Å². The minimum atomic E-state index is -0.118. The summed E-state index contributed by atoms with van der Waals surface area (Å²) in [6.45, 7) is 8.94. The van der Waals surface area contributed by atoms with Gasteiger partial charge in [-0.15, -0.1) is 5.10 Å². The smallest absolute Gasteiger partial charge is 0.179 e. The highest BCUT2D eigenvalue weighted by Gasteiger charge is 2.32. The predicted molar refractivity (Wildman–Crippen MR) is 138 cm³/mol. The minimum absolute atomic E-state index is 0.118. The molecule has 7 nitrogen and oxygen atoms in total. The Morgan fingerprint density at radius 3 is 2.31 bits per heavy atom. The topological polar surface area (TPSA) is 63.0 Å². The first-order valence-corrected chi connectivity index (χ1v) is 12.1. The Morgan fingerprint density at radius 1 is 0.857 bits per heavy atom. The molecule has 2 aromatic heterocycles. The second-order valence-electron chi connectivity index (χ2n) is 9.00. The second kappa shape index (κ2) is 10.7. The lowest BCUT2D eigenvalue weighted by atomic mass is 10.1. The molecule has 1 atom stereocenters. The van der Waals surface area contributed by atoms with Gasteiger partial charge in [0.1, 0.15) is 6.04 Å². The van der Waals surface area contributed by atoms with E-state index in [1.165, 1.54) is 5.56 Å². The Hall–Kier alpha value is -3.68. The van der Waals surface area contributed by atoms with Gasteiger partial charge in [0.2, 0.25) is 0 Å². The van der Waals surface area contributed by atoms with Gasteiger partial charge in [-0.2, -0.15) is 4.68 Å². The molecule has 0 saturated carbocycles. The van der Waals surface area contributed by atoms with Crippen LogP contribution in [0.1, 0.15) is 34.3 Å². The van der Waals surface area contributed by atoms with Crippen molar-refractivity contribution in [2.75, 3.05) is 32.7 Å². The number of para-hydroxylation sites is 1. The van der Waals surface area contributed by atoms with Crippen molar-refractivity contribution in [1.29, 1.82) is 0 Å². The van der Waals surface area contributed by atoms with E-state index in [4.69, 9.17) is 4.98 Å². The molecular weight excluding hydrogens is 434 g/mol. The van der Waals surface area contributed by atoms with E-state index in [9.17, 15) is 0 Å². The molecule has 7 heteroatoms. The molecule has 1 aliphatic heterocycles. The molecule has 178 valence electrons. The zero-order chi connectivity index (χ0) is 24.0. The molecule has 0 radical (unpaired) electrons. The molecule has 5 rings (SSSR count). The fourth-order valence-electron chi connectivity index (χ4n) is 4.79. The standard InChI is InChI=1S/C28H31N7/c1-22-10-8-11-23(2)26(22)35-28(30-31-32-35)27(25-15-6-7-16-29-25)34-20-18-33(19-21-34)17-9-14-24-12-4-3-5-13-24/h3-16,27H,17-21H2,1-2H3/b14-9+/t27-/m1/s1. The van der Waals surface area contributed by atoms with Crippen molar-refractivity contribution in [3.05, 3.63) is 107 Å². The zero-order valence-corrected chi connectivity index (χ0v) is 20.3. The molecular formula is C28H31N7. The Labute approximate surface area is 206 Å². The van der Waals surface area contributed by atoms with Crippen LogP contribution in [0.5, 0.6) is 0 Å². The maximum Gasteiger partial charge on any atom is 0.179 e. The van der Waals surface area contributed by atoms with Crippen molar-refractivity contribution in [1.82, 2.24) is 35.0 Å². The van der Waals surface area contributed by atoms with Crippen LogP contribution < -0.4 is 0 Å². The van der Waals surface area contributed by atoms with Gasteiger partial charge in [-0.3, -0.25) is 14.8 Å². The Morgan fingerprint density at radius 2 is 1.60 bits per heavy atom. The quantitative estimate of drug-likeness (QED) is 0.410. The summed E-state index contributed by atoms with van der Waals surface area (Å²) >= 11 is 0. The van der Waals surface area contributed by atoms with Crippen LogP contribution >= 0.6 is 0 Å². The van der Waals surface area contributed by atoms with Gasteiger partial charge in [0.25, 0.3) is 0 Å². The van der Waals surface area contributed by atoms with Crippen LogP contribution in [0.4, 0.5) is 0 Å².